The number of urea groups is 1. The zero-order valence-electron chi connectivity index (χ0n) is 11.1. The summed E-state index contributed by atoms with van der Waals surface area (Å²) in [5, 5.41) is 5.20. The van der Waals surface area contributed by atoms with Crippen molar-refractivity contribution in [3.63, 3.8) is 0 Å². The highest BCUT2D eigenvalue weighted by Gasteiger charge is 2.17. The summed E-state index contributed by atoms with van der Waals surface area (Å²) in [5.74, 6) is -0.321. The average molecular weight is 301 g/mol. The number of imide groups is 1. The fourth-order valence-electron chi connectivity index (χ4n) is 1.28. The van der Waals surface area contributed by atoms with E-state index in [4.69, 9.17) is 11.6 Å². The summed E-state index contributed by atoms with van der Waals surface area (Å²) in [6.45, 7) is 5.41. The minimum absolute atomic E-state index is 0.00738. The van der Waals surface area contributed by atoms with Gasteiger partial charge >= 0.3 is 6.03 Å². The van der Waals surface area contributed by atoms with Crippen LogP contribution in [0.25, 0.3) is 0 Å². The van der Waals surface area contributed by atoms with Crippen LogP contribution in [0.2, 0.25) is 5.02 Å². The average Bonchev–Trinajstić information content (AvgIpc) is 2.30. The number of nitrogens with one attached hydrogen (secondary N) is 2. The second-order valence-corrected chi connectivity index (χ2v) is 6.18. The molecular formula is C13H17ClN2O2S. The Morgan fingerprint density at radius 3 is 2.26 bits per heavy atom. The molecule has 0 fully saturated rings. The lowest BCUT2D eigenvalue weighted by Gasteiger charge is -2.13. The van der Waals surface area contributed by atoms with Gasteiger partial charge in [-0.25, -0.2) is 4.79 Å². The maximum absolute atomic E-state index is 11.8. The summed E-state index contributed by atoms with van der Waals surface area (Å²) in [5.41, 5.74) is 0. The molecule has 1 aromatic rings. The van der Waals surface area contributed by atoms with Gasteiger partial charge in [0.2, 0.25) is 5.91 Å². The van der Waals surface area contributed by atoms with Gasteiger partial charge < -0.3 is 5.32 Å². The van der Waals surface area contributed by atoms with Crippen LogP contribution in [-0.4, -0.2) is 23.2 Å². The van der Waals surface area contributed by atoms with Gasteiger partial charge in [-0.15, -0.1) is 11.8 Å². The summed E-state index contributed by atoms with van der Waals surface area (Å²) in [4.78, 5) is 24.1. The van der Waals surface area contributed by atoms with E-state index in [1.165, 1.54) is 11.8 Å². The van der Waals surface area contributed by atoms with Gasteiger partial charge in [-0.3, -0.25) is 10.1 Å². The van der Waals surface area contributed by atoms with Crippen molar-refractivity contribution in [1.82, 2.24) is 10.6 Å². The maximum Gasteiger partial charge on any atom is 0.321 e. The first-order valence-electron chi connectivity index (χ1n) is 5.92. The second kappa shape index (κ2) is 7.40. The molecule has 0 unspecified atom stereocenters. The predicted molar refractivity (Wildman–Crippen MR) is 78.6 cm³/mol. The zero-order chi connectivity index (χ0) is 14.4. The van der Waals surface area contributed by atoms with Crippen molar-refractivity contribution >= 4 is 35.3 Å². The second-order valence-electron chi connectivity index (χ2n) is 4.33. The van der Waals surface area contributed by atoms with Crippen LogP contribution in [0.15, 0.2) is 29.2 Å². The van der Waals surface area contributed by atoms with E-state index >= 15 is 0 Å². The highest BCUT2D eigenvalue weighted by Crippen LogP contribution is 2.24. The molecule has 6 heteroatoms. The molecule has 3 amide bonds. The molecule has 1 aromatic carbocycles. The van der Waals surface area contributed by atoms with E-state index in [0.717, 1.165) is 4.90 Å². The fraction of sp³-hybridized carbons (Fsp3) is 0.385. The van der Waals surface area contributed by atoms with Crippen LogP contribution in [0.3, 0.4) is 0 Å². The molecule has 0 bridgehead atoms. The van der Waals surface area contributed by atoms with Crippen LogP contribution < -0.4 is 10.6 Å². The monoisotopic (exact) mass is 300 g/mol. The largest absolute Gasteiger partial charge is 0.336 e. The molecule has 0 aromatic heterocycles. The van der Waals surface area contributed by atoms with Crippen molar-refractivity contribution < 1.29 is 9.59 Å². The van der Waals surface area contributed by atoms with Gasteiger partial charge in [0.25, 0.3) is 0 Å². The normalized spacial score (nSPS) is 12.1. The summed E-state index contributed by atoms with van der Waals surface area (Å²) in [7, 11) is 0. The topological polar surface area (TPSA) is 58.2 Å². The SMILES string of the molecule is CC(C)NC(=O)NC(=O)[C@@H](C)Sc1ccc(Cl)cc1. The van der Waals surface area contributed by atoms with Crippen molar-refractivity contribution in [2.45, 2.75) is 37.0 Å². The minimum Gasteiger partial charge on any atom is -0.336 e. The van der Waals surface area contributed by atoms with Crippen LogP contribution in [0.4, 0.5) is 4.79 Å². The predicted octanol–water partition coefficient (Wildman–Crippen LogP) is 3.05. The molecule has 1 atom stereocenters. The van der Waals surface area contributed by atoms with Crippen molar-refractivity contribution in [1.29, 1.82) is 0 Å². The molecule has 104 valence electrons. The summed E-state index contributed by atoms with van der Waals surface area (Å²) < 4.78 is 0. The smallest absolute Gasteiger partial charge is 0.321 e. The van der Waals surface area contributed by atoms with Crippen LogP contribution in [0.1, 0.15) is 20.8 Å². The minimum atomic E-state index is -0.469. The molecular weight excluding hydrogens is 284 g/mol. The van der Waals surface area contributed by atoms with Crippen molar-refractivity contribution in [2.75, 3.05) is 0 Å². The molecule has 0 saturated heterocycles. The van der Waals surface area contributed by atoms with Gasteiger partial charge in [0.05, 0.1) is 5.25 Å². The first-order chi connectivity index (χ1) is 8.88. The van der Waals surface area contributed by atoms with E-state index in [-0.39, 0.29) is 17.2 Å². The maximum atomic E-state index is 11.8. The number of halogens is 1. The molecule has 0 saturated carbocycles. The van der Waals surface area contributed by atoms with E-state index in [2.05, 4.69) is 10.6 Å². The van der Waals surface area contributed by atoms with E-state index in [9.17, 15) is 9.59 Å². The Balaban J connectivity index is 2.48. The molecule has 4 nitrogen and oxygen atoms in total. The van der Waals surface area contributed by atoms with Crippen molar-refractivity contribution in [3.05, 3.63) is 29.3 Å². The van der Waals surface area contributed by atoms with E-state index in [1.807, 2.05) is 26.0 Å². The standard InChI is InChI=1S/C13H17ClN2O2S/c1-8(2)15-13(18)16-12(17)9(3)19-11-6-4-10(14)5-7-11/h4-9H,1-3H3,(H2,15,16,17,18)/t9-/m1/s1. The van der Waals surface area contributed by atoms with Gasteiger partial charge in [0.1, 0.15) is 0 Å². The Hall–Kier alpha value is -1.20. The number of carbonyl (C=O) groups is 2. The molecule has 0 spiro atoms. The van der Waals surface area contributed by atoms with Crippen molar-refractivity contribution in [3.8, 4) is 0 Å². The van der Waals surface area contributed by atoms with Gasteiger partial charge in [0.15, 0.2) is 0 Å². The van der Waals surface area contributed by atoms with Gasteiger partial charge in [-0.05, 0) is 45.0 Å². The molecule has 0 aliphatic carbocycles. The molecule has 19 heavy (non-hydrogen) atoms. The lowest BCUT2D eigenvalue weighted by Crippen LogP contribution is -2.45. The van der Waals surface area contributed by atoms with Crippen LogP contribution in [0.5, 0.6) is 0 Å². The molecule has 0 aliphatic rings. The number of hydrogen-bond acceptors (Lipinski definition) is 3. The van der Waals surface area contributed by atoms with Gasteiger partial charge in [0, 0.05) is 16.0 Å². The number of carbonyl (C=O) groups excluding carboxylic acids is 2. The fourth-order valence-corrected chi connectivity index (χ4v) is 2.28. The molecule has 2 N–H and O–H groups in total. The number of benzene rings is 1. The van der Waals surface area contributed by atoms with Gasteiger partial charge in [-0.2, -0.15) is 0 Å². The Kier molecular flexibility index (Phi) is 6.18. The lowest BCUT2D eigenvalue weighted by atomic mass is 10.4. The number of amides is 3. The highest BCUT2D eigenvalue weighted by molar-refractivity contribution is 8.00. The first kappa shape index (κ1) is 15.9. The highest BCUT2D eigenvalue weighted by atomic mass is 35.5. The third-order valence-corrected chi connectivity index (χ3v) is 3.52. The van der Waals surface area contributed by atoms with Crippen LogP contribution >= 0.6 is 23.4 Å². The van der Waals surface area contributed by atoms with Crippen LogP contribution in [-0.2, 0) is 4.79 Å². The molecule has 0 aliphatic heterocycles. The van der Waals surface area contributed by atoms with Gasteiger partial charge in [-0.1, -0.05) is 11.6 Å². The number of rotatable bonds is 4. The number of thioether (sulfide) groups is 1. The molecule has 1 rings (SSSR count). The Morgan fingerprint density at radius 2 is 1.74 bits per heavy atom. The number of hydrogen-bond donors (Lipinski definition) is 2. The molecule has 0 heterocycles. The summed E-state index contributed by atoms with van der Waals surface area (Å²) in [6, 6.07) is 6.73. The van der Waals surface area contributed by atoms with E-state index in [0.29, 0.717) is 5.02 Å². The van der Waals surface area contributed by atoms with Crippen LogP contribution in [0, 0.1) is 0 Å². The molecule has 0 radical (unpaired) electrons. The Morgan fingerprint density at radius 1 is 1.16 bits per heavy atom. The third-order valence-electron chi connectivity index (χ3n) is 2.15. The Labute approximate surface area is 122 Å². The summed E-state index contributed by atoms with van der Waals surface area (Å²) in [6.07, 6.45) is 0. The first-order valence-corrected chi connectivity index (χ1v) is 7.18. The quantitative estimate of drug-likeness (QED) is 0.840. The van der Waals surface area contributed by atoms with E-state index in [1.54, 1.807) is 19.1 Å². The zero-order valence-corrected chi connectivity index (χ0v) is 12.6. The Bertz CT molecular complexity index is 448. The lowest BCUT2D eigenvalue weighted by molar-refractivity contribution is -0.119. The van der Waals surface area contributed by atoms with E-state index < -0.39 is 6.03 Å². The summed E-state index contributed by atoms with van der Waals surface area (Å²) >= 11 is 7.16. The van der Waals surface area contributed by atoms with Crippen molar-refractivity contribution in [2.24, 2.45) is 0 Å². The third kappa shape index (κ3) is 5.98.